The van der Waals surface area contributed by atoms with Gasteiger partial charge in [0.25, 0.3) is 0 Å². The molecule has 0 radical (unpaired) electrons. The molecule has 19 heavy (non-hydrogen) atoms. The highest BCUT2D eigenvalue weighted by atomic mass is 16.6. The largest absolute Gasteiger partial charge is 0.447 e. The van der Waals surface area contributed by atoms with Gasteiger partial charge in [-0.15, -0.1) is 0 Å². The summed E-state index contributed by atoms with van der Waals surface area (Å²) < 4.78 is 4.97. The molecule has 1 amide bonds. The standard InChI is InChI=1S/C14H19N3O2/c18-14-17(10-11-19-14)16-8-6-15(7-9-16)12-13-4-2-1-3-5-13/h1-5H,6-12H2. The summed E-state index contributed by atoms with van der Waals surface area (Å²) in [5, 5.41) is 3.84. The molecule has 5 heteroatoms. The van der Waals surface area contributed by atoms with Gasteiger partial charge in [-0.05, 0) is 5.56 Å². The molecule has 0 aromatic heterocycles. The van der Waals surface area contributed by atoms with E-state index >= 15 is 0 Å². The van der Waals surface area contributed by atoms with Crippen LogP contribution in [-0.4, -0.2) is 60.3 Å². The van der Waals surface area contributed by atoms with E-state index in [1.165, 1.54) is 5.56 Å². The number of cyclic esters (lactones) is 1. The zero-order valence-electron chi connectivity index (χ0n) is 11.0. The van der Waals surface area contributed by atoms with E-state index in [2.05, 4.69) is 34.2 Å². The van der Waals surface area contributed by atoms with Crippen molar-refractivity contribution in [1.82, 2.24) is 14.9 Å². The first-order valence-corrected chi connectivity index (χ1v) is 6.78. The number of hydrazine groups is 1. The van der Waals surface area contributed by atoms with Gasteiger partial charge >= 0.3 is 6.09 Å². The Morgan fingerprint density at radius 2 is 1.74 bits per heavy atom. The predicted molar refractivity (Wildman–Crippen MR) is 71.3 cm³/mol. The van der Waals surface area contributed by atoms with Crippen LogP contribution in [0.1, 0.15) is 5.56 Å². The molecule has 2 saturated heterocycles. The number of piperazine rings is 1. The van der Waals surface area contributed by atoms with Gasteiger partial charge in [-0.3, -0.25) is 4.90 Å². The van der Waals surface area contributed by atoms with Crippen LogP contribution in [0.25, 0.3) is 0 Å². The van der Waals surface area contributed by atoms with E-state index in [4.69, 9.17) is 4.74 Å². The van der Waals surface area contributed by atoms with Crippen LogP contribution in [0.4, 0.5) is 4.79 Å². The molecule has 0 spiro atoms. The normalized spacial score (nSPS) is 21.7. The van der Waals surface area contributed by atoms with E-state index < -0.39 is 0 Å². The fourth-order valence-electron chi connectivity index (χ4n) is 2.62. The average Bonchev–Trinajstić information content (AvgIpc) is 2.87. The Bertz CT molecular complexity index is 430. The van der Waals surface area contributed by atoms with Crippen molar-refractivity contribution in [3.05, 3.63) is 35.9 Å². The summed E-state index contributed by atoms with van der Waals surface area (Å²) in [5.41, 5.74) is 1.34. The predicted octanol–water partition coefficient (Wildman–Crippen LogP) is 1.17. The molecule has 3 rings (SSSR count). The summed E-state index contributed by atoms with van der Waals surface area (Å²) in [6.07, 6.45) is -0.198. The Hall–Kier alpha value is -1.59. The SMILES string of the molecule is O=C1OCCN1N1CCN(Cc2ccccc2)CC1. The minimum absolute atomic E-state index is 0.198. The number of hydrogen-bond acceptors (Lipinski definition) is 4. The quantitative estimate of drug-likeness (QED) is 0.818. The molecule has 0 atom stereocenters. The van der Waals surface area contributed by atoms with Gasteiger partial charge in [-0.25, -0.2) is 14.8 Å². The van der Waals surface area contributed by atoms with Gasteiger partial charge < -0.3 is 4.74 Å². The third-order valence-electron chi connectivity index (χ3n) is 3.68. The van der Waals surface area contributed by atoms with Crippen LogP contribution >= 0.6 is 0 Å². The molecular formula is C14H19N3O2. The van der Waals surface area contributed by atoms with Crippen LogP contribution in [0.15, 0.2) is 30.3 Å². The van der Waals surface area contributed by atoms with Crippen LogP contribution in [0.2, 0.25) is 0 Å². The first-order valence-electron chi connectivity index (χ1n) is 6.78. The number of amides is 1. The van der Waals surface area contributed by atoms with Crippen molar-refractivity contribution < 1.29 is 9.53 Å². The van der Waals surface area contributed by atoms with Crippen LogP contribution in [0.3, 0.4) is 0 Å². The first-order chi connectivity index (χ1) is 9.33. The van der Waals surface area contributed by atoms with Crippen molar-refractivity contribution in [3.8, 4) is 0 Å². The molecule has 2 aliphatic heterocycles. The lowest BCUT2D eigenvalue weighted by molar-refractivity contribution is -0.0172. The highest BCUT2D eigenvalue weighted by molar-refractivity contribution is 5.68. The van der Waals surface area contributed by atoms with Gasteiger partial charge in [0.2, 0.25) is 0 Å². The van der Waals surface area contributed by atoms with Gasteiger partial charge in [0.1, 0.15) is 6.61 Å². The van der Waals surface area contributed by atoms with Crippen molar-refractivity contribution in [2.24, 2.45) is 0 Å². The monoisotopic (exact) mass is 261 g/mol. The van der Waals surface area contributed by atoms with E-state index in [0.29, 0.717) is 13.2 Å². The molecule has 1 aromatic rings. The second kappa shape index (κ2) is 5.59. The smallest absolute Gasteiger partial charge is 0.424 e. The summed E-state index contributed by atoms with van der Waals surface area (Å²) >= 11 is 0. The van der Waals surface area contributed by atoms with Crippen molar-refractivity contribution in [1.29, 1.82) is 0 Å². The number of rotatable bonds is 3. The maximum atomic E-state index is 11.5. The molecule has 5 nitrogen and oxygen atoms in total. The van der Waals surface area contributed by atoms with Crippen molar-refractivity contribution in [2.45, 2.75) is 6.54 Å². The van der Waals surface area contributed by atoms with E-state index in [-0.39, 0.29) is 6.09 Å². The highest BCUT2D eigenvalue weighted by Gasteiger charge is 2.30. The lowest BCUT2D eigenvalue weighted by atomic mass is 10.2. The van der Waals surface area contributed by atoms with Crippen LogP contribution < -0.4 is 0 Å². The van der Waals surface area contributed by atoms with Crippen LogP contribution in [0.5, 0.6) is 0 Å². The Morgan fingerprint density at radius 3 is 2.37 bits per heavy atom. The lowest BCUT2D eigenvalue weighted by Gasteiger charge is -2.38. The molecule has 0 bridgehead atoms. The number of carbonyl (C=O) groups excluding carboxylic acids is 1. The molecule has 102 valence electrons. The zero-order valence-corrected chi connectivity index (χ0v) is 11.0. The molecular weight excluding hydrogens is 242 g/mol. The van der Waals surface area contributed by atoms with E-state index in [0.717, 1.165) is 32.7 Å². The van der Waals surface area contributed by atoms with Crippen LogP contribution in [-0.2, 0) is 11.3 Å². The molecule has 2 aliphatic rings. The van der Waals surface area contributed by atoms with Gasteiger partial charge in [0, 0.05) is 32.7 Å². The fraction of sp³-hybridized carbons (Fsp3) is 0.500. The third kappa shape index (κ3) is 2.88. The summed E-state index contributed by atoms with van der Waals surface area (Å²) in [7, 11) is 0. The third-order valence-corrected chi connectivity index (χ3v) is 3.68. The number of carbonyl (C=O) groups is 1. The van der Waals surface area contributed by atoms with E-state index in [9.17, 15) is 4.79 Å². The Morgan fingerprint density at radius 1 is 1.00 bits per heavy atom. The second-order valence-corrected chi connectivity index (χ2v) is 4.95. The van der Waals surface area contributed by atoms with E-state index in [1.807, 2.05) is 6.07 Å². The molecule has 1 aromatic carbocycles. The Labute approximate surface area is 113 Å². The molecule has 2 heterocycles. The number of nitrogens with zero attached hydrogens (tertiary/aromatic N) is 3. The zero-order chi connectivity index (χ0) is 13.1. The Balaban J connectivity index is 1.51. The summed E-state index contributed by atoms with van der Waals surface area (Å²) in [6.45, 7) is 5.95. The first kappa shape index (κ1) is 12.4. The topological polar surface area (TPSA) is 36.0 Å². The molecule has 0 aliphatic carbocycles. The van der Waals surface area contributed by atoms with Gasteiger partial charge in [-0.2, -0.15) is 0 Å². The fourth-order valence-corrected chi connectivity index (χ4v) is 2.62. The lowest BCUT2D eigenvalue weighted by Crippen LogP contribution is -2.53. The van der Waals surface area contributed by atoms with Crippen LogP contribution in [0, 0.1) is 0 Å². The van der Waals surface area contributed by atoms with Crippen molar-refractivity contribution in [3.63, 3.8) is 0 Å². The van der Waals surface area contributed by atoms with E-state index in [1.54, 1.807) is 5.01 Å². The highest BCUT2D eigenvalue weighted by Crippen LogP contribution is 2.13. The van der Waals surface area contributed by atoms with Crippen molar-refractivity contribution in [2.75, 3.05) is 39.3 Å². The minimum Gasteiger partial charge on any atom is -0.447 e. The van der Waals surface area contributed by atoms with Gasteiger partial charge in [0.05, 0.1) is 6.54 Å². The molecule has 2 fully saturated rings. The maximum Gasteiger partial charge on any atom is 0.424 e. The molecule has 0 saturated carbocycles. The Kier molecular flexibility index (Phi) is 3.66. The summed E-state index contributed by atoms with van der Waals surface area (Å²) in [4.78, 5) is 13.9. The summed E-state index contributed by atoms with van der Waals surface area (Å²) in [5.74, 6) is 0. The number of benzene rings is 1. The van der Waals surface area contributed by atoms with Gasteiger partial charge in [-0.1, -0.05) is 30.3 Å². The van der Waals surface area contributed by atoms with Crippen molar-refractivity contribution >= 4 is 6.09 Å². The number of ether oxygens (including phenoxy) is 1. The minimum atomic E-state index is -0.198. The maximum absolute atomic E-state index is 11.5. The summed E-state index contributed by atoms with van der Waals surface area (Å²) in [6, 6.07) is 10.5. The second-order valence-electron chi connectivity index (χ2n) is 4.95. The molecule has 0 unspecified atom stereocenters. The molecule has 0 N–H and O–H groups in total. The average molecular weight is 261 g/mol. The number of hydrogen-bond donors (Lipinski definition) is 0. The van der Waals surface area contributed by atoms with Gasteiger partial charge in [0.15, 0.2) is 0 Å².